The van der Waals surface area contributed by atoms with Crippen molar-refractivity contribution in [2.24, 2.45) is 0 Å². The van der Waals surface area contributed by atoms with E-state index in [9.17, 15) is 5.11 Å². The molecular formula is C13H23N3O. The largest absolute Gasteiger partial charge is 0.507 e. The van der Waals surface area contributed by atoms with Crippen molar-refractivity contribution in [2.45, 2.75) is 19.6 Å². The summed E-state index contributed by atoms with van der Waals surface area (Å²) < 4.78 is 0. The Balaban J connectivity index is 3.07. The zero-order valence-corrected chi connectivity index (χ0v) is 11.2. The van der Waals surface area contributed by atoms with Gasteiger partial charge in [0.1, 0.15) is 5.75 Å². The number of rotatable bonds is 6. The van der Waals surface area contributed by atoms with Gasteiger partial charge in [-0.1, -0.05) is 0 Å². The van der Waals surface area contributed by atoms with Gasteiger partial charge in [-0.2, -0.15) is 0 Å². The van der Waals surface area contributed by atoms with E-state index in [1.807, 2.05) is 34.3 Å². The quantitative estimate of drug-likeness (QED) is 0.688. The molecule has 4 nitrogen and oxygen atoms in total. The Labute approximate surface area is 104 Å². The van der Waals surface area contributed by atoms with Crippen LogP contribution in [0.3, 0.4) is 0 Å². The maximum absolute atomic E-state index is 10.2. The van der Waals surface area contributed by atoms with Gasteiger partial charge in [-0.25, -0.2) is 0 Å². The Kier molecular flexibility index (Phi) is 5.41. The second kappa shape index (κ2) is 6.59. The molecule has 0 spiro atoms. The summed E-state index contributed by atoms with van der Waals surface area (Å²) in [5.41, 5.74) is 3.14. The predicted octanol–water partition coefficient (Wildman–Crippen LogP) is 0.893. The monoisotopic (exact) mass is 237 g/mol. The fraction of sp³-hybridized carbons (Fsp3) is 0.538. The van der Waals surface area contributed by atoms with Gasteiger partial charge in [0.25, 0.3) is 0 Å². The first-order valence-corrected chi connectivity index (χ1v) is 5.86. The molecule has 0 unspecified atom stereocenters. The first-order valence-electron chi connectivity index (χ1n) is 5.86. The van der Waals surface area contributed by atoms with E-state index in [2.05, 4.69) is 21.6 Å². The molecule has 0 aliphatic carbocycles. The van der Waals surface area contributed by atoms with E-state index < -0.39 is 0 Å². The second-order valence-electron chi connectivity index (χ2n) is 4.56. The number of nitrogens with zero attached hydrogens (tertiary/aromatic N) is 1. The summed E-state index contributed by atoms with van der Waals surface area (Å²) in [5, 5.41) is 16.4. The van der Waals surface area contributed by atoms with E-state index in [4.69, 9.17) is 0 Å². The van der Waals surface area contributed by atoms with Crippen molar-refractivity contribution in [3.8, 4) is 5.75 Å². The minimum absolute atomic E-state index is 0.410. The van der Waals surface area contributed by atoms with Crippen molar-refractivity contribution in [1.29, 1.82) is 0 Å². The number of benzene rings is 1. The molecule has 0 saturated carbocycles. The van der Waals surface area contributed by atoms with E-state index in [1.165, 1.54) is 5.56 Å². The molecule has 1 aromatic carbocycles. The lowest BCUT2D eigenvalue weighted by molar-refractivity contribution is 0.383. The molecule has 96 valence electrons. The third kappa shape index (κ3) is 4.00. The summed E-state index contributed by atoms with van der Waals surface area (Å²) in [6.07, 6.45) is 0. The average molecular weight is 237 g/mol. The van der Waals surface area contributed by atoms with Gasteiger partial charge >= 0.3 is 0 Å². The van der Waals surface area contributed by atoms with Gasteiger partial charge in [-0.05, 0) is 45.9 Å². The van der Waals surface area contributed by atoms with Crippen LogP contribution in [0.25, 0.3) is 0 Å². The molecule has 0 atom stereocenters. The van der Waals surface area contributed by atoms with Crippen LogP contribution in [0.1, 0.15) is 16.7 Å². The summed E-state index contributed by atoms with van der Waals surface area (Å²) >= 11 is 0. The number of phenolic OH excluding ortho intramolecular Hbond substituents is 1. The standard InChI is InChI=1S/C13H23N3O/c1-14-7-10-5-11(8-15-2)13(17)12(6-10)9-16(3)4/h5-6,14-15,17H,7-9H2,1-4H3. The SMILES string of the molecule is CNCc1cc(CNC)c(O)c(CN(C)C)c1. The summed E-state index contributed by atoms with van der Waals surface area (Å²) in [6, 6.07) is 4.10. The lowest BCUT2D eigenvalue weighted by atomic mass is 10.0. The molecule has 0 radical (unpaired) electrons. The minimum atomic E-state index is 0.410. The molecule has 0 aromatic heterocycles. The highest BCUT2D eigenvalue weighted by Crippen LogP contribution is 2.25. The summed E-state index contributed by atoms with van der Waals surface area (Å²) in [7, 11) is 7.82. The van der Waals surface area contributed by atoms with Crippen LogP contribution >= 0.6 is 0 Å². The first kappa shape index (κ1) is 14.0. The highest BCUT2D eigenvalue weighted by atomic mass is 16.3. The predicted molar refractivity (Wildman–Crippen MR) is 71.0 cm³/mol. The Hall–Kier alpha value is -1.10. The molecule has 0 amide bonds. The van der Waals surface area contributed by atoms with Crippen LogP contribution in [-0.4, -0.2) is 38.2 Å². The van der Waals surface area contributed by atoms with Gasteiger partial charge in [-0.3, -0.25) is 0 Å². The van der Waals surface area contributed by atoms with Gasteiger partial charge in [0.05, 0.1) is 0 Å². The summed E-state index contributed by atoms with van der Waals surface area (Å²) in [5.74, 6) is 0.410. The second-order valence-corrected chi connectivity index (χ2v) is 4.56. The van der Waals surface area contributed by atoms with E-state index in [1.54, 1.807) is 0 Å². The first-order chi connectivity index (χ1) is 8.08. The van der Waals surface area contributed by atoms with E-state index >= 15 is 0 Å². The molecule has 1 rings (SSSR count). The number of hydrogen-bond acceptors (Lipinski definition) is 4. The maximum atomic E-state index is 10.2. The highest BCUT2D eigenvalue weighted by molar-refractivity contribution is 5.43. The summed E-state index contributed by atoms with van der Waals surface area (Å²) in [4.78, 5) is 2.06. The van der Waals surface area contributed by atoms with Crippen molar-refractivity contribution in [2.75, 3.05) is 28.2 Å². The molecule has 1 aromatic rings. The number of nitrogens with one attached hydrogen (secondary N) is 2. The molecule has 3 N–H and O–H groups in total. The molecule has 0 saturated heterocycles. The summed E-state index contributed by atoms with van der Waals surface area (Å²) in [6.45, 7) is 2.25. The Morgan fingerprint density at radius 2 is 1.65 bits per heavy atom. The Morgan fingerprint density at radius 1 is 1.06 bits per heavy atom. The van der Waals surface area contributed by atoms with Gasteiger partial charge in [-0.15, -0.1) is 0 Å². The van der Waals surface area contributed by atoms with E-state index in [0.29, 0.717) is 12.3 Å². The van der Waals surface area contributed by atoms with Crippen LogP contribution < -0.4 is 10.6 Å². The lowest BCUT2D eigenvalue weighted by Gasteiger charge is -2.16. The van der Waals surface area contributed by atoms with Crippen LogP contribution in [0, 0.1) is 0 Å². The third-order valence-electron chi connectivity index (χ3n) is 2.56. The fourth-order valence-electron chi connectivity index (χ4n) is 1.92. The van der Waals surface area contributed by atoms with E-state index in [-0.39, 0.29) is 0 Å². The molecule has 17 heavy (non-hydrogen) atoms. The highest BCUT2D eigenvalue weighted by Gasteiger charge is 2.10. The molecule has 0 aliphatic heterocycles. The van der Waals surface area contributed by atoms with Crippen LogP contribution in [0.5, 0.6) is 5.75 Å². The zero-order chi connectivity index (χ0) is 12.8. The number of phenols is 1. The topological polar surface area (TPSA) is 47.5 Å². The molecule has 0 heterocycles. The van der Waals surface area contributed by atoms with Crippen molar-refractivity contribution in [1.82, 2.24) is 15.5 Å². The number of hydrogen-bond donors (Lipinski definition) is 3. The van der Waals surface area contributed by atoms with Crippen LogP contribution in [-0.2, 0) is 19.6 Å². The molecular weight excluding hydrogens is 214 g/mol. The van der Waals surface area contributed by atoms with Gasteiger partial charge in [0.2, 0.25) is 0 Å². The fourth-order valence-corrected chi connectivity index (χ4v) is 1.92. The van der Waals surface area contributed by atoms with Crippen LogP contribution in [0.4, 0.5) is 0 Å². The van der Waals surface area contributed by atoms with Gasteiger partial charge in [0.15, 0.2) is 0 Å². The van der Waals surface area contributed by atoms with Crippen LogP contribution in [0.15, 0.2) is 12.1 Å². The average Bonchev–Trinajstić information content (AvgIpc) is 2.24. The van der Waals surface area contributed by atoms with Crippen LogP contribution in [0.2, 0.25) is 0 Å². The van der Waals surface area contributed by atoms with E-state index in [0.717, 1.165) is 24.2 Å². The van der Waals surface area contributed by atoms with Crippen molar-refractivity contribution in [3.05, 3.63) is 28.8 Å². The van der Waals surface area contributed by atoms with Gasteiger partial charge < -0.3 is 20.6 Å². The molecule has 0 aliphatic rings. The minimum Gasteiger partial charge on any atom is -0.507 e. The Bertz CT molecular complexity index is 364. The molecule has 0 bridgehead atoms. The zero-order valence-electron chi connectivity index (χ0n) is 11.2. The smallest absolute Gasteiger partial charge is 0.124 e. The van der Waals surface area contributed by atoms with Crippen molar-refractivity contribution < 1.29 is 5.11 Å². The van der Waals surface area contributed by atoms with Crippen molar-refractivity contribution in [3.63, 3.8) is 0 Å². The normalized spacial score (nSPS) is 11.1. The maximum Gasteiger partial charge on any atom is 0.124 e. The van der Waals surface area contributed by atoms with Crippen molar-refractivity contribution >= 4 is 0 Å². The lowest BCUT2D eigenvalue weighted by Crippen LogP contribution is -2.14. The molecule has 4 heteroatoms. The number of aromatic hydroxyl groups is 1. The molecule has 0 fully saturated rings. The van der Waals surface area contributed by atoms with Gasteiger partial charge in [0, 0.05) is 30.8 Å². The Morgan fingerprint density at radius 3 is 2.18 bits per heavy atom. The third-order valence-corrected chi connectivity index (χ3v) is 2.56.